The number of hydrogen-bond acceptors (Lipinski definition) is 4. The monoisotopic (exact) mass is 419 g/mol. The van der Waals surface area contributed by atoms with Gasteiger partial charge in [-0.1, -0.05) is 0 Å². The van der Waals surface area contributed by atoms with Gasteiger partial charge in [-0.2, -0.15) is 0 Å². The Labute approximate surface area is 136 Å². The highest BCUT2D eigenvalue weighted by atomic mass is 79.9. The maximum atomic E-state index is 13.6. The zero-order chi connectivity index (χ0) is 15.6. The van der Waals surface area contributed by atoms with Gasteiger partial charge in [0.05, 0.1) is 21.0 Å². The van der Waals surface area contributed by atoms with E-state index in [1.807, 2.05) is 0 Å². The van der Waals surface area contributed by atoms with Gasteiger partial charge >= 0.3 is 5.69 Å². The third-order valence-electron chi connectivity index (χ3n) is 2.56. The zero-order valence-electron chi connectivity index (χ0n) is 10.6. The van der Waals surface area contributed by atoms with Gasteiger partial charge in [0, 0.05) is 12.1 Å². The fraction of sp³-hybridized carbons (Fsp3) is 0.0769. The summed E-state index contributed by atoms with van der Waals surface area (Å²) in [6, 6.07) is 6.84. The molecule has 2 aromatic carbocycles. The Morgan fingerprint density at radius 3 is 2.43 bits per heavy atom. The maximum Gasteiger partial charge on any atom is 0.312 e. The number of nitro benzene ring substituents is 1. The molecular formula is C13H8Br2FNO4. The molecule has 0 N–H and O–H groups in total. The van der Waals surface area contributed by atoms with Crippen LogP contribution in [-0.2, 0) is 0 Å². The third-order valence-corrected chi connectivity index (χ3v) is 3.78. The van der Waals surface area contributed by atoms with Gasteiger partial charge in [0.25, 0.3) is 0 Å². The standard InChI is InChI=1S/C13H8Br2FNO4/c1-20-7-2-3-12(9(15)4-7)21-13-6-10(16)8(14)5-11(13)17(18)19/h2-6H,1H3. The second-order valence-electron chi connectivity index (χ2n) is 3.89. The topological polar surface area (TPSA) is 61.6 Å². The Morgan fingerprint density at radius 2 is 1.86 bits per heavy atom. The first kappa shape index (κ1) is 15.7. The molecule has 0 radical (unpaired) electrons. The van der Waals surface area contributed by atoms with E-state index in [-0.39, 0.29) is 15.9 Å². The molecule has 0 fully saturated rings. The van der Waals surface area contributed by atoms with E-state index in [9.17, 15) is 14.5 Å². The van der Waals surface area contributed by atoms with Crippen LogP contribution in [0.2, 0.25) is 0 Å². The van der Waals surface area contributed by atoms with E-state index in [4.69, 9.17) is 9.47 Å². The summed E-state index contributed by atoms with van der Waals surface area (Å²) in [5, 5.41) is 11.0. The minimum atomic E-state index is -0.653. The Hall–Kier alpha value is -1.67. The fourth-order valence-corrected chi connectivity index (χ4v) is 2.32. The number of rotatable bonds is 4. The molecule has 0 atom stereocenters. The molecule has 0 aliphatic carbocycles. The summed E-state index contributed by atoms with van der Waals surface area (Å²) in [6.07, 6.45) is 0. The van der Waals surface area contributed by atoms with Gasteiger partial charge in [-0.05, 0) is 50.1 Å². The lowest BCUT2D eigenvalue weighted by atomic mass is 10.2. The maximum absolute atomic E-state index is 13.6. The van der Waals surface area contributed by atoms with Crippen LogP contribution in [0.3, 0.4) is 0 Å². The van der Waals surface area contributed by atoms with Gasteiger partial charge < -0.3 is 9.47 Å². The normalized spacial score (nSPS) is 10.3. The minimum absolute atomic E-state index is 0.00431. The van der Waals surface area contributed by atoms with Crippen molar-refractivity contribution in [3.8, 4) is 17.2 Å². The second-order valence-corrected chi connectivity index (χ2v) is 5.60. The molecule has 0 bridgehead atoms. The van der Waals surface area contributed by atoms with E-state index in [2.05, 4.69) is 31.9 Å². The van der Waals surface area contributed by atoms with Gasteiger partial charge in [0.1, 0.15) is 17.3 Å². The average molecular weight is 421 g/mol. The Balaban J connectivity index is 2.43. The van der Waals surface area contributed by atoms with Gasteiger partial charge in [-0.3, -0.25) is 10.1 Å². The molecule has 0 saturated carbocycles. The Bertz CT molecular complexity index is 709. The first-order valence-electron chi connectivity index (χ1n) is 5.57. The average Bonchev–Trinajstić information content (AvgIpc) is 2.44. The van der Waals surface area contributed by atoms with Crippen LogP contribution >= 0.6 is 31.9 Å². The first-order valence-corrected chi connectivity index (χ1v) is 7.16. The van der Waals surface area contributed by atoms with Crippen molar-refractivity contribution in [2.75, 3.05) is 7.11 Å². The van der Waals surface area contributed by atoms with Crippen molar-refractivity contribution < 1.29 is 18.8 Å². The van der Waals surface area contributed by atoms with E-state index in [1.54, 1.807) is 18.2 Å². The van der Waals surface area contributed by atoms with Crippen LogP contribution in [0, 0.1) is 15.9 Å². The van der Waals surface area contributed by atoms with E-state index in [0.29, 0.717) is 16.0 Å². The van der Waals surface area contributed by atoms with Crippen LogP contribution in [-0.4, -0.2) is 12.0 Å². The van der Waals surface area contributed by atoms with Crippen molar-refractivity contribution in [3.63, 3.8) is 0 Å². The summed E-state index contributed by atoms with van der Waals surface area (Å²) >= 11 is 6.17. The van der Waals surface area contributed by atoms with Crippen molar-refractivity contribution >= 4 is 37.5 Å². The van der Waals surface area contributed by atoms with E-state index < -0.39 is 10.7 Å². The highest BCUT2D eigenvalue weighted by Crippen LogP contribution is 2.38. The lowest BCUT2D eigenvalue weighted by molar-refractivity contribution is -0.385. The predicted molar refractivity (Wildman–Crippen MR) is 81.5 cm³/mol. The van der Waals surface area contributed by atoms with Crippen LogP contribution in [0.5, 0.6) is 17.2 Å². The molecule has 0 aromatic heterocycles. The van der Waals surface area contributed by atoms with Gasteiger partial charge in [0.15, 0.2) is 0 Å². The van der Waals surface area contributed by atoms with Crippen LogP contribution in [0.1, 0.15) is 0 Å². The largest absolute Gasteiger partial charge is 0.497 e. The molecule has 2 aromatic rings. The molecule has 0 spiro atoms. The fourth-order valence-electron chi connectivity index (χ4n) is 1.55. The highest BCUT2D eigenvalue weighted by molar-refractivity contribution is 9.10. The number of nitrogens with zero attached hydrogens (tertiary/aromatic N) is 1. The molecular weight excluding hydrogens is 413 g/mol. The number of halogens is 3. The first-order chi connectivity index (χ1) is 9.92. The van der Waals surface area contributed by atoms with Crippen LogP contribution in [0.15, 0.2) is 39.3 Å². The molecule has 2 rings (SSSR count). The second kappa shape index (κ2) is 6.40. The Morgan fingerprint density at radius 1 is 1.14 bits per heavy atom. The van der Waals surface area contributed by atoms with Gasteiger partial charge in [-0.25, -0.2) is 4.39 Å². The van der Waals surface area contributed by atoms with Crippen LogP contribution in [0.4, 0.5) is 10.1 Å². The molecule has 21 heavy (non-hydrogen) atoms. The molecule has 0 heterocycles. The molecule has 0 aliphatic heterocycles. The molecule has 5 nitrogen and oxygen atoms in total. The smallest absolute Gasteiger partial charge is 0.312 e. The van der Waals surface area contributed by atoms with Crippen molar-refractivity contribution in [3.05, 3.63) is 55.2 Å². The number of ether oxygens (including phenoxy) is 2. The van der Waals surface area contributed by atoms with E-state index >= 15 is 0 Å². The van der Waals surface area contributed by atoms with E-state index in [0.717, 1.165) is 12.1 Å². The highest BCUT2D eigenvalue weighted by Gasteiger charge is 2.20. The number of hydrogen-bond donors (Lipinski definition) is 0. The van der Waals surface area contributed by atoms with Crippen LogP contribution < -0.4 is 9.47 Å². The van der Waals surface area contributed by atoms with Crippen molar-refractivity contribution in [2.24, 2.45) is 0 Å². The summed E-state index contributed by atoms with van der Waals surface area (Å²) in [5.41, 5.74) is -0.342. The Kier molecular flexibility index (Phi) is 4.79. The van der Waals surface area contributed by atoms with Gasteiger partial charge in [-0.15, -0.1) is 0 Å². The summed E-state index contributed by atoms with van der Waals surface area (Å²) < 4.78 is 24.6. The molecule has 8 heteroatoms. The zero-order valence-corrected chi connectivity index (χ0v) is 13.8. The van der Waals surface area contributed by atoms with Crippen molar-refractivity contribution in [1.29, 1.82) is 0 Å². The summed E-state index contributed by atoms with van der Waals surface area (Å²) in [4.78, 5) is 10.4. The molecule has 0 unspecified atom stereocenters. The number of nitro groups is 1. The lowest BCUT2D eigenvalue weighted by Crippen LogP contribution is -1.96. The van der Waals surface area contributed by atoms with E-state index in [1.165, 1.54) is 7.11 Å². The summed E-state index contributed by atoms with van der Waals surface area (Å²) in [7, 11) is 1.51. The summed E-state index contributed by atoms with van der Waals surface area (Å²) in [5.74, 6) is 0.0538. The summed E-state index contributed by atoms with van der Waals surface area (Å²) in [6.45, 7) is 0. The molecule has 110 valence electrons. The quantitative estimate of drug-likeness (QED) is 0.512. The number of methoxy groups -OCH3 is 1. The SMILES string of the molecule is COc1ccc(Oc2cc(F)c(Br)cc2[N+](=O)[O-])c(Br)c1. The minimum Gasteiger partial charge on any atom is -0.497 e. The predicted octanol–water partition coefficient (Wildman–Crippen LogP) is 5.06. The lowest BCUT2D eigenvalue weighted by Gasteiger charge is -2.10. The third kappa shape index (κ3) is 3.51. The molecule has 0 aliphatic rings. The van der Waals surface area contributed by atoms with Gasteiger partial charge in [0.2, 0.25) is 5.75 Å². The molecule has 0 amide bonds. The van der Waals surface area contributed by atoms with Crippen molar-refractivity contribution in [2.45, 2.75) is 0 Å². The number of benzene rings is 2. The van der Waals surface area contributed by atoms with Crippen molar-refractivity contribution in [1.82, 2.24) is 0 Å². The molecule has 0 saturated heterocycles. The van der Waals surface area contributed by atoms with Crippen LogP contribution in [0.25, 0.3) is 0 Å².